The molecule has 2 rings (SSSR count). The Bertz CT molecular complexity index is 589. The van der Waals surface area contributed by atoms with Crippen molar-refractivity contribution in [3.8, 4) is 5.75 Å². The number of carbonyl (C=O) groups excluding carboxylic acids is 1. The van der Waals surface area contributed by atoms with E-state index in [1.54, 1.807) is 0 Å². The van der Waals surface area contributed by atoms with Crippen molar-refractivity contribution in [1.29, 1.82) is 0 Å². The van der Waals surface area contributed by atoms with Crippen LogP contribution < -0.4 is 4.74 Å². The van der Waals surface area contributed by atoms with Gasteiger partial charge in [0.15, 0.2) is 6.29 Å². The second kappa shape index (κ2) is 9.24. The average Bonchev–Trinajstić information content (AvgIpc) is 2.57. The number of aldehydes is 1. The molecule has 2 aromatic carbocycles. The summed E-state index contributed by atoms with van der Waals surface area (Å²) in [4.78, 5) is 11.2. The highest BCUT2D eigenvalue weighted by Crippen LogP contribution is 2.29. The molecule has 0 N–H and O–H groups in total. The quantitative estimate of drug-likeness (QED) is 0.410. The summed E-state index contributed by atoms with van der Waals surface area (Å²) in [5, 5.41) is 2.14. The summed E-state index contributed by atoms with van der Waals surface area (Å²) in [5.74, 6) is 0.735. The van der Waals surface area contributed by atoms with E-state index >= 15 is 0 Å². The van der Waals surface area contributed by atoms with Gasteiger partial charge in [-0.1, -0.05) is 75.8 Å². The minimum Gasteiger partial charge on any atom is -0.492 e. The number of carbonyl (C=O) groups is 1. The summed E-state index contributed by atoms with van der Waals surface area (Å²) in [5.41, 5.74) is 0.640. The molecule has 0 atom stereocenters. The summed E-state index contributed by atoms with van der Waals surface area (Å²) in [6.07, 6.45) is 9.70. The summed E-state index contributed by atoms with van der Waals surface area (Å²) in [6, 6.07) is 11.9. The fraction of sp³-hybridized carbons (Fsp3) is 0.450. The first kappa shape index (κ1) is 16.5. The van der Waals surface area contributed by atoms with Crippen LogP contribution in [0, 0.1) is 0 Å². The fourth-order valence-electron chi connectivity index (χ4n) is 2.75. The second-order valence-electron chi connectivity index (χ2n) is 5.79. The Balaban J connectivity index is 1.87. The number of hydrogen-bond acceptors (Lipinski definition) is 2. The zero-order valence-corrected chi connectivity index (χ0v) is 13.5. The molecule has 0 heterocycles. The molecular weight excluding hydrogens is 272 g/mol. The lowest BCUT2D eigenvalue weighted by Gasteiger charge is -2.11. The maximum absolute atomic E-state index is 11.2. The van der Waals surface area contributed by atoms with E-state index < -0.39 is 0 Å². The molecule has 22 heavy (non-hydrogen) atoms. The molecule has 0 saturated carbocycles. The van der Waals surface area contributed by atoms with Crippen LogP contribution in [0.3, 0.4) is 0 Å². The Morgan fingerprint density at radius 3 is 2.41 bits per heavy atom. The third kappa shape index (κ3) is 4.59. The first-order valence-electron chi connectivity index (χ1n) is 8.46. The van der Waals surface area contributed by atoms with Gasteiger partial charge in [0.05, 0.1) is 12.2 Å². The lowest BCUT2D eigenvalue weighted by atomic mass is 10.1. The molecule has 0 fully saturated rings. The molecule has 2 nitrogen and oxygen atoms in total. The van der Waals surface area contributed by atoms with E-state index in [0.29, 0.717) is 12.2 Å². The van der Waals surface area contributed by atoms with Crippen molar-refractivity contribution in [2.75, 3.05) is 6.61 Å². The van der Waals surface area contributed by atoms with Crippen molar-refractivity contribution in [2.24, 2.45) is 0 Å². The molecular formula is C20H26O2. The molecule has 2 aromatic rings. The SMILES string of the molecule is CCCCCCCCCOc1c(C=O)ccc2ccccc12. The lowest BCUT2D eigenvalue weighted by Crippen LogP contribution is -2.01. The molecule has 0 saturated heterocycles. The topological polar surface area (TPSA) is 26.3 Å². The highest BCUT2D eigenvalue weighted by Gasteiger charge is 2.08. The Hall–Kier alpha value is -1.83. The largest absolute Gasteiger partial charge is 0.492 e. The van der Waals surface area contributed by atoms with Crippen LogP contribution in [0.1, 0.15) is 62.2 Å². The van der Waals surface area contributed by atoms with E-state index in [0.717, 1.165) is 29.2 Å². The monoisotopic (exact) mass is 298 g/mol. The van der Waals surface area contributed by atoms with Crippen LogP contribution in [-0.4, -0.2) is 12.9 Å². The van der Waals surface area contributed by atoms with Crippen molar-refractivity contribution < 1.29 is 9.53 Å². The van der Waals surface area contributed by atoms with Gasteiger partial charge in [-0.15, -0.1) is 0 Å². The van der Waals surface area contributed by atoms with Gasteiger partial charge in [-0.2, -0.15) is 0 Å². The van der Waals surface area contributed by atoms with E-state index in [1.165, 1.54) is 38.5 Å². The van der Waals surface area contributed by atoms with Crippen LogP contribution in [0.2, 0.25) is 0 Å². The fourth-order valence-corrected chi connectivity index (χ4v) is 2.75. The Labute approximate surface area is 133 Å². The first-order valence-corrected chi connectivity index (χ1v) is 8.46. The van der Waals surface area contributed by atoms with E-state index in [4.69, 9.17) is 4.74 Å². The van der Waals surface area contributed by atoms with Crippen molar-refractivity contribution in [1.82, 2.24) is 0 Å². The van der Waals surface area contributed by atoms with E-state index in [-0.39, 0.29) is 0 Å². The van der Waals surface area contributed by atoms with Gasteiger partial charge < -0.3 is 4.74 Å². The zero-order valence-electron chi connectivity index (χ0n) is 13.5. The standard InChI is InChI=1S/C20H26O2/c1-2-3-4-5-6-7-10-15-22-20-18(16-21)14-13-17-11-8-9-12-19(17)20/h8-9,11-14,16H,2-7,10,15H2,1H3. The molecule has 0 spiro atoms. The predicted molar refractivity (Wildman–Crippen MR) is 92.8 cm³/mol. The molecule has 0 radical (unpaired) electrons. The number of unbranched alkanes of at least 4 members (excludes halogenated alkanes) is 6. The maximum atomic E-state index is 11.2. The average molecular weight is 298 g/mol. The number of hydrogen-bond donors (Lipinski definition) is 0. The highest BCUT2D eigenvalue weighted by atomic mass is 16.5. The van der Waals surface area contributed by atoms with Crippen LogP contribution >= 0.6 is 0 Å². The van der Waals surface area contributed by atoms with Crippen molar-refractivity contribution in [3.63, 3.8) is 0 Å². The molecule has 2 heteroatoms. The van der Waals surface area contributed by atoms with Gasteiger partial charge in [-0.25, -0.2) is 0 Å². The smallest absolute Gasteiger partial charge is 0.153 e. The molecule has 0 unspecified atom stereocenters. The van der Waals surface area contributed by atoms with Crippen LogP contribution in [0.5, 0.6) is 5.75 Å². The molecule has 0 aliphatic carbocycles. The molecule has 0 amide bonds. The summed E-state index contributed by atoms with van der Waals surface area (Å²) < 4.78 is 5.94. The van der Waals surface area contributed by atoms with Gasteiger partial charge in [0, 0.05) is 5.39 Å². The molecule has 118 valence electrons. The Morgan fingerprint density at radius 1 is 0.909 bits per heavy atom. The molecule has 0 aliphatic heterocycles. The zero-order chi connectivity index (χ0) is 15.6. The predicted octanol–water partition coefficient (Wildman–Crippen LogP) is 5.78. The van der Waals surface area contributed by atoms with Gasteiger partial charge in [-0.3, -0.25) is 4.79 Å². The third-order valence-electron chi connectivity index (χ3n) is 4.03. The van der Waals surface area contributed by atoms with Gasteiger partial charge >= 0.3 is 0 Å². The number of fused-ring (bicyclic) bond motifs is 1. The minimum atomic E-state index is 0.640. The minimum absolute atomic E-state index is 0.640. The number of rotatable bonds is 10. The summed E-state index contributed by atoms with van der Waals surface area (Å²) in [7, 11) is 0. The Morgan fingerprint density at radius 2 is 1.64 bits per heavy atom. The third-order valence-corrected chi connectivity index (χ3v) is 4.03. The Kier molecular flexibility index (Phi) is 6.95. The van der Waals surface area contributed by atoms with E-state index in [2.05, 4.69) is 6.92 Å². The molecule has 0 bridgehead atoms. The number of benzene rings is 2. The maximum Gasteiger partial charge on any atom is 0.153 e. The van der Waals surface area contributed by atoms with E-state index in [9.17, 15) is 4.79 Å². The van der Waals surface area contributed by atoms with Crippen molar-refractivity contribution in [3.05, 3.63) is 42.0 Å². The highest BCUT2D eigenvalue weighted by molar-refractivity contribution is 5.96. The van der Waals surface area contributed by atoms with Crippen molar-refractivity contribution >= 4 is 17.1 Å². The van der Waals surface area contributed by atoms with Crippen LogP contribution in [-0.2, 0) is 0 Å². The van der Waals surface area contributed by atoms with Crippen LogP contribution in [0.15, 0.2) is 36.4 Å². The second-order valence-corrected chi connectivity index (χ2v) is 5.79. The number of ether oxygens (including phenoxy) is 1. The molecule has 0 aromatic heterocycles. The lowest BCUT2D eigenvalue weighted by molar-refractivity contribution is 0.111. The van der Waals surface area contributed by atoms with Crippen molar-refractivity contribution in [2.45, 2.75) is 51.9 Å². The summed E-state index contributed by atoms with van der Waals surface area (Å²) >= 11 is 0. The van der Waals surface area contributed by atoms with Gasteiger partial charge in [0.2, 0.25) is 0 Å². The van der Waals surface area contributed by atoms with Gasteiger partial charge in [0.1, 0.15) is 5.75 Å². The van der Waals surface area contributed by atoms with Gasteiger partial charge in [0.25, 0.3) is 0 Å². The van der Waals surface area contributed by atoms with Crippen LogP contribution in [0.4, 0.5) is 0 Å². The van der Waals surface area contributed by atoms with Gasteiger partial charge in [-0.05, 0) is 17.9 Å². The van der Waals surface area contributed by atoms with E-state index in [1.807, 2.05) is 36.4 Å². The molecule has 0 aliphatic rings. The van der Waals surface area contributed by atoms with Crippen LogP contribution in [0.25, 0.3) is 10.8 Å². The normalized spacial score (nSPS) is 10.8. The first-order chi connectivity index (χ1) is 10.9. The summed E-state index contributed by atoms with van der Waals surface area (Å²) in [6.45, 7) is 2.92.